The number of halogens is 1. The number of hydrogen-bond donors (Lipinski definition) is 1. The minimum Gasteiger partial charge on any atom is -0.302 e. The fraction of sp³-hybridized carbons (Fsp3) is 0.500. The zero-order chi connectivity index (χ0) is 15.7. The monoisotopic (exact) mass is 327 g/mol. The van der Waals surface area contributed by atoms with Crippen molar-refractivity contribution in [2.24, 2.45) is 0 Å². The highest BCUT2D eigenvalue weighted by Gasteiger charge is 2.40. The highest BCUT2D eigenvalue weighted by molar-refractivity contribution is 7.89. The third kappa shape index (κ3) is 3.22. The molecule has 7 heteroatoms. The van der Waals surface area contributed by atoms with Crippen molar-refractivity contribution in [1.82, 2.24) is 9.62 Å². The van der Waals surface area contributed by atoms with Gasteiger partial charge in [-0.2, -0.15) is 5.26 Å². The van der Waals surface area contributed by atoms with Gasteiger partial charge in [0, 0.05) is 12.1 Å². The second-order valence-electron chi connectivity index (χ2n) is 5.55. The van der Waals surface area contributed by atoms with Crippen molar-refractivity contribution in [2.45, 2.75) is 29.7 Å². The van der Waals surface area contributed by atoms with Gasteiger partial charge in [-0.05, 0) is 51.6 Å². The van der Waals surface area contributed by atoms with Crippen molar-refractivity contribution >= 4 is 21.6 Å². The van der Waals surface area contributed by atoms with Gasteiger partial charge in [0.25, 0.3) is 0 Å². The number of likely N-dealkylation sites (N-methyl/N-ethyl adjacent to an activating group) is 1. The lowest BCUT2D eigenvalue weighted by Gasteiger charge is -2.47. The van der Waals surface area contributed by atoms with E-state index in [9.17, 15) is 8.42 Å². The number of nitrogens with one attached hydrogen (secondary N) is 1. The maximum atomic E-state index is 12.4. The largest absolute Gasteiger partial charge is 0.302 e. The summed E-state index contributed by atoms with van der Waals surface area (Å²) in [5.41, 5.74) is 0.151. The van der Waals surface area contributed by atoms with Crippen LogP contribution in [0.1, 0.15) is 24.8 Å². The molecule has 0 radical (unpaired) electrons. The molecule has 0 unspecified atom stereocenters. The van der Waals surface area contributed by atoms with Crippen LogP contribution in [-0.4, -0.2) is 39.5 Å². The van der Waals surface area contributed by atoms with Crippen LogP contribution < -0.4 is 4.72 Å². The van der Waals surface area contributed by atoms with E-state index in [0.29, 0.717) is 6.54 Å². The van der Waals surface area contributed by atoms with E-state index in [1.807, 2.05) is 20.2 Å². The molecule has 0 atom stereocenters. The van der Waals surface area contributed by atoms with Crippen LogP contribution in [0.4, 0.5) is 0 Å². The molecule has 0 aromatic heterocycles. The molecule has 1 aliphatic carbocycles. The summed E-state index contributed by atoms with van der Waals surface area (Å²) >= 11 is 5.96. The highest BCUT2D eigenvalue weighted by Crippen LogP contribution is 2.36. The van der Waals surface area contributed by atoms with Crippen molar-refractivity contribution in [3.05, 3.63) is 28.8 Å². The first-order valence-corrected chi connectivity index (χ1v) is 8.54. The zero-order valence-electron chi connectivity index (χ0n) is 12.1. The van der Waals surface area contributed by atoms with Crippen molar-refractivity contribution in [3.63, 3.8) is 0 Å². The molecular formula is C14H18ClN3O2S. The van der Waals surface area contributed by atoms with Crippen molar-refractivity contribution in [3.8, 4) is 6.07 Å². The molecule has 2 rings (SSSR count). The van der Waals surface area contributed by atoms with Gasteiger partial charge in [-0.3, -0.25) is 0 Å². The van der Waals surface area contributed by atoms with Gasteiger partial charge in [0.15, 0.2) is 0 Å². The maximum Gasteiger partial charge on any atom is 0.242 e. The van der Waals surface area contributed by atoms with Gasteiger partial charge in [-0.15, -0.1) is 0 Å². The van der Waals surface area contributed by atoms with E-state index in [1.165, 1.54) is 18.2 Å². The molecule has 0 heterocycles. The number of rotatable bonds is 5. The SMILES string of the molecule is CN(C)C1(CNS(=O)(=O)c2cc(C#N)ccc2Cl)CCC1. The van der Waals surface area contributed by atoms with Crippen LogP contribution in [0.2, 0.25) is 5.02 Å². The molecule has 1 saturated carbocycles. The number of hydrogen-bond acceptors (Lipinski definition) is 4. The van der Waals surface area contributed by atoms with Crippen LogP contribution in [0.3, 0.4) is 0 Å². The summed E-state index contributed by atoms with van der Waals surface area (Å²) in [6.07, 6.45) is 3.04. The van der Waals surface area contributed by atoms with Crippen molar-refractivity contribution in [2.75, 3.05) is 20.6 Å². The summed E-state index contributed by atoms with van der Waals surface area (Å²) in [7, 11) is 0.184. The predicted molar refractivity (Wildman–Crippen MR) is 81.6 cm³/mol. The molecule has 0 saturated heterocycles. The van der Waals surface area contributed by atoms with Crippen LogP contribution >= 0.6 is 11.6 Å². The Labute approximate surface area is 130 Å². The molecule has 0 bridgehead atoms. The highest BCUT2D eigenvalue weighted by atomic mass is 35.5. The van der Waals surface area contributed by atoms with Crippen LogP contribution in [0.5, 0.6) is 0 Å². The number of nitrogens with zero attached hydrogens (tertiary/aromatic N) is 2. The molecule has 0 amide bonds. The Morgan fingerprint density at radius 1 is 1.43 bits per heavy atom. The Hall–Kier alpha value is -1.13. The summed E-state index contributed by atoms with van der Waals surface area (Å²) in [4.78, 5) is 2.02. The van der Waals surface area contributed by atoms with Gasteiger partial charge in [0.05, 0.1) is 16.7 Å². The fourth-order valence-corrected chi connectivity index (χ4v) is 4.10. The molecule has 0 spiro atoms. The minimum absolute atomic E-state index is 0.0450. The predicted octanol–water partition coefficient (Wildman–Crippen LogP) is 1.97. The third-order valence-electron chi connectivity index (χ3n) is 4.17. The molecule has 1 aromatic carbocycles. The first kappa shape index (κ1) is 16.2. The zero-order valence-corrected chi connectivity index (χ0v) is 13.6. The second-order valence-corrected chi connectivity index (χ2v) is 7.70. The van der Waals surface area contributed by atoms with E-state index < -0.39 is 10.0 Å². The van der Waals surface area contributed by atoms with E-state index >= 15 is 0 Å². The van der Waals surface area contributed by atoms with Crippen LogP contribution in [0.15, 0.2) is 23.1 Å². The lowest BCUT2D eigenvalue weighted by atomic mass is 9.76. The van der Waals surface area contributed by atoms with E-state index in [-0.39, 0.29) is 21.0 Å². The lowest BCUT2D eigenvalue weighted by molar-refractivity contribution is 0.0657. The van der Waals surface area contributed by atoms with E-state index in [4.69, 9.17) is 16.9 Å². The summed E-state index contributed by atoms with van der Waals surface area (Å²) in [6.45, 7) is 0.343. The quantitative estimate of drug-likeness (QED) is 0.897. The fourth-order valence-electron chi connectivity index (χ4n) is 2.45. The second kappa shape index (κ2) is 5.93. The van der Waals surface area contributed by atoms with E-state index in [2.05, 4.69) is 9.62 Å². The Balaban J connectivity index is 2.21. The van der Waals surface area contributed by atoms with Crippen molar-refractivity contribution in [1.29, 1.82) is 5.26 Å². The van der Waals surface area contributed by atoms with Gasteiger partial charge < -0.3 is 4.90 Å². The standard InChI is InChI=1S/C14H18ClN3O2S/c1-18(2)14(6-3-7-14)10-17-21(19,20)13-8-11(9-16)4-5-12(13)15/h4-5,8,17H,3,6-7,10H2,1-2H3. The Bertz CT molecular complexity index is 676. The molecule has 1 aromatic rings. The average Bonchev–Trinajstić information content (AvgIpc) is 2.37. The van der Waals surface area contributed by atoms with Gasteiger partial charge in [0.1, 0.15) is 4.90 Å². The molecule has 1 aliphatic rings. The molecule has 0 aliphatic heterocycles. The van der Waals surface area contributed by atoms with Crippen LogP contribution in [-0.2, 0) is 10.0 Å². The van der Waals surface area contributed by atoms with Crippen molar-refractivity contribution < 1.29 is 8.42 Å². The summed E-state index contributed by atoms with van der Waals surface area (Å²) in [5, 5.41) is 9.00. The number of sulfonamides is 1. The number of benzene rings is 1. The topological polar surface area (TPSA) is 73.2 Å². The van der Waals surface area contributed by atoms with Gasteiger partial charge in [-0.1, -0.05) is 11.6 Å². The summed E-state index contributed by atoms with van der Waals surface area (Å²) in [5.74, 6) is 0. The smallest absolute Gasteiger partial charge is 0.242 e. The Kier molecular flexibility index (Phi) is 4.59. The molecule has 21 heavy (non-hydrogen) atoms. The van der Waals surface area contributed by atoms with Crippen LogP contribution in [0.25, 0.3) is 0 Å². The molecule has 5 nitrogen and oxygen atoms in total. The normalized spacial score (nSPS) is 17.3. The molecule has 114 valence electrons. The average molecular weight is 328 g/mol. The first-order valence-electron chi connectivity index (χ1n) is 6.67. The molecule has 1 N–H and O–H groups in total. The first-order chi connectivity index (χ1) is 9.81. The summed E-state index contributed by atoms with van der Waals surface area (Å²) in [6, 6.07) is 6.14. The maximum absolute atomic E-state index is 12.4. The Morgan fingerprint density at radius 2 is 2.10 bits per heavy atom. The minimum atomic E-state index is -3.73. The lowest BCUT2D eigenvalue weighted by Crippen LogP contribution is -2.57. The third-order valence-corrected chi connectivity index (χ3v) is 6.06. The number of nitriles is 1. The Morgan fingerprint density at radius 3 is 2.57 bits per heavy atom. The van der Waals surface area contributed by atoms with E-state index in [1.54, 1.807) is 0 Å². The van der Waals surface area contributed by atoms with Gasteiger partial charge in [0.2, 0.25) is 10.0 Å². The van der Waals surface area contributed by atoms with Gasteiger partial charge >= 0.3 is 0 Å². The molecular weight excluding hydrogens is 310 g/mol. The molecule has 1 fully saturated rings. The van der Waals surface area contributed by atoms with E-state index in [0.717, 1.165) is 19.3 Å². The summed E-state index contributed by atoms with van der Waals surface area (Å²) < 4.78 is 27.4. The van der Waals surface area contributed by atoms with Crippen LogP contribution in [0, 0.1) is 11.3 Å². The van der Waals surface area contributed by atoms with Gasteiger partial charge in [-0.25, -0.2) is 13.1 Å².